The minimum absolute atomic E-state index is 0.00910. The van der Waals surface area contributed by atoms with Gasteiger partial charge in [-0.3, -0.25) is 0 Å². The highest BCUT2D eigenvalue weighted by Crippen LogP contribution is 2.17. The van der Waals surface area contributed by atoms with E-state index >= 15 is 0 Å². The number of rotatable bonds is 6. The fraction of sp³-hybridized carbons (Fsp3) is 0.455. The zero-order valence-corrected chi connectivity index (χ0v) is 11.5. The van der Waals surface area contributed by atoms with Crippen LogP contribution in [0, 0.1) is 11.6 Å². The van der Waals surface area contributed by atoms with Gasteiger partial charge in [-0.05, 0) is 18.2 Å². The number of methoxy groups -OCH3 is 1. The molecule has 0 amide bonds. The molecule has 0 saturated heterocycles. The molecule has 0 radical (unpaired) electrons. The molecule has 1 aromatic rings. The Morgan fingerprint density at radius 2 is 2.00 bits per heavy atom. The lowest BCUT2D eigenvalue weighted by molar-refractivity contribution is 0.173. The smallest absolute Gasteiger partial charge is 0.242 e. The summed E-state index contributed by atoms with van der Waals surface area (Å²) in [5, 5.41) is 0. The Morgan fingerprint density at radius 1 is 1.37 bits per heavy atom. The number of sulfonamides is 1. The highest BCUT2D eigenvalue weighted by Gasteiger charge is 2.23. The van der Waals surface area contributed by atoms with Crippen molar-refractivity contribution >= 4 is 10.0 Å². The first-order chi connectivity index (χ1) is 8.78. The molecule has 0 aliphatic heterocycles. The molecule has 2 N–H and O–H groups in total. The summed E-state index contributed by atoms with van der Waals surface area (Å²) in [5.74, 6) is -2.31. The number of nitrogens with two attached hydrogens (primary N) is 1. The van der Waals surface area contributed by atoms with E-state index in [1.807, 2.05) is 0 Å². The molecule has 0 fully saturated rings. The maximum Gasteiger partial charge on any atom is 0.242 e. The van der Waals surface area contributed by atoms with Crippen molar-refractivity contribution < 1.29 is 21.9 Å². The van der Waals surface area contributed by atoms with E-state index in [2.05, 4.69) is 0 Å². The lowest BCUT2D eigenvalue weighted by Gasteiger charge is -2.20. The van der Waals surface area contributed by atoms with Gasteiger partial charge < -0.3 is 10.5 Å². The van der Waals surface area contributed by atoms with Crippen LogP contribution in [0.5, 0.6) is 0 Å². The Morgan fingerprint density at radius 3 is 2.53 bits per heavy atom. The zero-order chi connectivity index (χ0) is 14.6. The highest BCUT2D eigenvalue weighted by molar-refractivity contribution is 7.89. The SMILES string of the molecule is COCC(N)CN(C)S(=O)(=O)c1ccc(F)c(F)c1. The lowest BCUT2D eigenvalue weighted by Crippen LogP contribution is -2.41. The van der Waals surface area contributed by atoms with Gasteiger partial charge in [-0.25, -0.2) is 17.2 Å². The normalized spacial score (nSPS) is 13.8. The molecule has 5 nitrogen and oxygen atoms in total. The Kier molecular flexibility index (Phi) is 5.36. The Labute approximate surface area is 111 Å². The van der Waals surface area contributed by atoms with Crippen molar-refractivity contribution in [1.29, 1.82) is 0 Å². The van der Waals surface area contributed by atoms with Gasteiger partial charge in [0.1, 0.15) is 0 Å². The van der Waals surface area contributed by atoms with Crippen molar-refractivity contribution in [3.63, 3.8) is 0 Å². The number of benzene rings is 1. The lowest BCUT2D eigenvalue weighted by atomic mass is 10.3. The predicted octanol–water partition coefficient (Wildman–Crippen LogP) is 0.559. The molecule has 0 bridgehead atoms. The van der Waals surface area contributed by atoms with Gasteiger partial charge in [0.15, 0.2) is 11.6 Å². The van der Waals surface area contributed by atoms with Crippen LogP contribution >= 0.6 is 0 Å². The van der Waals surface area contributed by atoms with Crippen LogP contribution in [-0.4, -0.2) is 46.1 Å². The summed E-state index contributed by atoms with van der Waals surface area (Å²) in [7, 11) is -1.14. The molecule has 1 unspecified atom stereocenters. The van der Waals surface area contributed by atoms with Gasteiger partial charge >= 0.3 is 0 Å². The van der Waals surface area contributed by atoms with Gasteiger partial charge in [-0.1, -0.05) is 0 Å². The molecular formula is C11H16F2N2O3S. The van der Waals surface area contributed by atoms with E-state index in [9.17, 15) is 17.2 Å². The number of halogens is 2. The summed E-state index contributed by atoms with van der Waals surface area (Å²) >= 11 is 0. The van der Waals surface area contributed by atoms with Crippen LogP contribution in [-0.2, 0) is 14.8 Å². The molecule has 0 aromatic heterocycles. The van der Waals surface area contributed by atoms with Crippen molar-refractivity contribution in [2.45, 2.75) is 10.9 Å². The van der Waals surface area contributed by atoms with Crippen LogP contribution in [0.3, 0.4) is 0 Å². The standard InChI is InChI=1S/C11H16F2N2O3S/c1-15(6-8(14)7-18-2)19(16,17)9-3-4-10(12)11(13)5-9/h3-5,8H,6-7,14H2,1-2H3. The second kappa shape index (κ2) is 6.38. The largest absolute Gasteiger partial charge is 0.383 e. The van der Waals surface area contributed by atoms with Crippen molar-refractivity contribution in [3.05, 3.63) is 29.8 Å². The fourth-order valence-corrected chi connectivity index (χ4v) is 2.75. The van der Waals surface area contributed by atoms with E-state index in [0.29, 0.717) is 6.07 Å². The highest BCUT2D eigenvalue weighted by atomic mass is 32.2. The monoisotopic (exact) mass is 294 g/mol. The Bertz CT molecular complexity index is 537. The van der Waals surface area contributed by atoms with E-state index in [-0.39, 0.29) is 18.0 Å². The molecule has 0 aliphatic carbocycles. The van der Waals surface area contributed by atoms with Gasteiger partial charge in [0, 0.05) is 26.7 Å². The number of likely N-dealkylation sites (N-methyl/N-ethyl adjacent to an activating group) is 1. The zero-order valence-electron chi connectivity index (χ0n) is 10.6. The van der Waals surface area contributed by atoms with Crippen molar-refractivity contribution in [2.24, 2.45) is 5.73 Å². The van der Waals surface area contributed by atoms with Crippen LogP contribution in [0.15, 0.2) is 23.1 Å². The van der Waals surface area contributed by atoms with E-state index in [0.717, 1.165) is 16.4 Å². The summed E-state index contributed by atoms with van der Waals surface area (Å²) in [6.07, 6.45) is 0. The van der Waals surface area contributed by atoms with E-state index in [4.69, 9.17) is 10.5 Å². The summed E-state index contributed by atoms with van der Waals surface area (Å²) in [4.78, 5) is -0.321. The molecule has 1 atom stereocenters. The summed E-state index contributed by atoms with van der Waals surface area (Å²) in [6, 6.07) is 1.91. The molecule has 0 saturated carbocycles. The Hall–Kier alpha value is -1.09. The molecule has 0 aliphatic rings. The fourth-order valence-electron chi connectivity index (χ4n) is 1.51. The van der Waals surface area contributed by atoms with Gasteiger partial charge in [0.25, 0.3) is 0 Å². The van der Waals surface area contributed by atoms with Gasteiger partial charge in [-0.2, -0.15) is 4.31 Å². The molecule has 0 heterocycles. The topological polar surface area (TPSA) is 72.6 Å². The summed E-state index contributed by atoms with van der Waals surface area (Å²) < 4.78 is 55.8. The third-order valence-electron chi connectivity index (χ3n) is 2.47. The second-order valence-electron chi connectivity index (χ2n) is 4.08. The van der Waals surface area contributed by atoms with Crippen molar-refractivity contribution in [2.75, 3.05) is 27.3 Å². The predicted molar refractivity (Wildman–Crippen MR) is 66.0 cm³/mol. The molecule has 0 spiro atoms. The summed E-state index contributed by atoms with van der Waals surface area (Å²) in [6.45, 7) is 0.201. The minimum atomic E-state index is -3.90. The first kappa shape index (κ1) is 16.0. The maximum atomic E-state index is 13.1. The number of hydrogen-bond donors (Lipinski definition) is 1. The first-order valence-electron chi connectivity index (χ1n) is 5.45. The van der Waals surface area contributed by atoms with Gasteiger partial charge in [-0.15, -0.1) is 0 Å². The van der Waals surface area contributed by atoms with Crippen LogP contribution in [0.25, 0.3) is 0 Å². The Balaban J connectivity index is 2.93. The molecule has 1 aromatic carbocycles. The average molecular weight is 294 g/mol. The van der Waals surface area contributed by atoms with E-state index < -0.39 is 27.7 Å². The van der Waals surface area contributed by atoms with Crippen molar-refractivity contribution in [3.8, 4) is 0 Å². The number of hydrogen-bond acceptors (Lipinski definition) is 4. The van der Waals surface area contributed by atoms with Gasteiger partial charge in [0.05, 0.1) is 11.5 Å². The van der Waals surface area contributed by atoms with Gasteiger partial charge in [0.2, 0.25) is 10.0 Å². The quantitative estimate of drug-likeness (QED) is 0.832. The molecule has 19 heavy (non-hydrogen) atoms. The summed E-state index contributed by atoms with van der Waals surface area (Å²) in [5.41, 5.74) is 5.65. The van der Waals surface area contributed by atoms with E-state index in [1.165, 1.54) is 14.2 Å². The molecule has 1 rings (SSSR count). The number of ether oxygens (including phenoxy) is 1. The van der Waals surface area contributed by atoms with E-state index in [1.54, 1.807) is 0 Å². The minimum Gasteiger partial charge on any atom is -0.383 e. The van der Waals surface area contributed by atoms with Crippen molar-refractivity contribution in [1.82, 2.24) is 4.31 Å². The second-order valence-corrected chi connectivity index (χ2v) is 6.12. The molecular weight excluding hydrogens is 278 g/mol. The third-order valence-corrected chi connectivity index (χ3v) is 4.29. The van der Waals surface area contributed by atoms with Crippen LogP contribution < -0.4 is 5.73 Å². The van der Waals surface area contributed by atoms with Crippen LogP contribution in [0.4, 0.5) is 8.78 Å². The first-order valence-corrected chi connectivity index (χ1v) is 6.89. The molecule has 8 heteroatoms. The molecule has 108 valence electrons. The van der Waals surface area contributed by atoms with Crippen LogP contribution in [0.2, 0.25) is 0 Å². The maximum absolute atomic E-state index is 13.1. The average Bonchev–Trinajstić information content (AvgIpc) is 2.32. The number of nitrogens with zero attached hydrogens (tertiary/aromatic N) is 1. The third kappa shape index (κ3) is 3.93. The van der Waals surface area contributed by atoms with Crippen LogP contribution in [0.1, 0.15) is 0 Å².